The fourth-order valence-corrected chi connectivity index (χ4v) is 2.65. The number of rotatable bonds is 3. The van der Waals surface area contributed by atoms with Crippen molar-refractivity contribution < 1.29 is 9.59 Å². The lowest BCUT2D eigenvalue weighted by Crippen LogP contribution is -2.31. The van der Waals surface area contributed by atoms with Crippen molar-refractivity contribution >= 4 is 35.2 Å². The third-order valence-electron chi connectivity index (χ3n) is 3.62. The van der Waals surface area contributed by atoms with Gasteiger partial charge in [-0.3, -0.25) is 9.59 Å². The molecule has 0 aromatic heterocycles. The zero-order valence-electron chi connectivity index (χ0n) is 12.3. The van der Waals surface area contributed by atoms with Gasteiger partial charge in [0.25, 0.3) is 5.91 Å². The molecule has 1 aliphatic heterocycles. The van der Waals surface area contributed by atoms with E-state index in [2.05, 4.69) is 10.6 Å². The van der Waals surface area contributed by atoms with Crippen molar-refractivity contribution in [1.82, 2.24) is 5.32 Å². The average Bonchev–Trinajstić information content (AvgIpc) is 2.55. The van der Waals surface area contributed by atoms with Crippen molar-refractivity contribution in [1.29, 1.82) is 0 Å². The minimum atomic E-state index is -0.277. The van der Waals surface area contributed by atoms with E-state index in [4.69, 9.17) is 11.6 Å². The predicted molar refractivity (Wildman–Crippen MR) is 91.6 cm³/mol. The van der Waals surface area contributed by atoms with E-state index in [9.17, 15) is 9.59 Å². The van der Waals surface area contributed by atoms with Crippen molar-refractivity contribution in [2.75, 3.05) is 11.9 Å². The standard InChI is InChI=1S/C18H15ClN2O2/c19-16-4-2-1-3-13(16)6-8-17(22)21-14-7-5-12-9-10-20-18(23)15(12)11-14/h1-8,11H,9-10H2,(H,20,23)(H,21,22). The van der Waals surface area contributed by atoms with Gasteiger partial charge in [0, 0.05) is 28.9 Å². The molecular weight excluding hydrogens is 312 g/mol. The van der Waals surface area contributed by atoms with Crippen LogP contribution in [0, 0.1) is 0 Å². The Morgan fingerprint density at radius 2 is 2.04 bits per heavy atom. The van der Waals surface area contributed by atoms with Gasteiger partial charge in [-0.1, -0.05) is 35.9 Å². The van der Waals surface area contributed by atoms with Crippen LogP contribution in [0.3, 0.4) is 0 Å². The molecule has 3 rings (SSSR count). The number of hydrogen-bond donors (Lipinski definition) is 2. The van der Waals surface area contributed by atoms with Gasteiger partial charge in [-0.2, -0.15) is 0 Å². The summed E-state index contributed by atoms with van der Waals surface area (Å²) in [6.07, 6.45) is 3.88. The lowest BCUT2D eigenvalue weighted by Gasteiger charge is -2.17. The molecule has 1 aliphatic rings. The first-order valence-corrected chi connectivity index (χ1v) is 7.66. The molecule has 0 unspecified atom stereocenters. The fraction of sp³-hybridized carbons (Fsp3) is 0.111. The number of carbonyl (C=O) groups excluding carboxylic acids is 2. The largest absolute Gasteiger partial charge is 0.352 e. The molecule has 0 saturated heterocycles. The molecule has 5 heteroatoms. The molecular formula is C18H15ClN2O2. The van der Waals surface area contributed by atoms with E-state index in [0.29, 0.717) is 22.8 Å². The average molecular weight is 327 g/mol. The Balaban J connectivity index is 1.72. The van der Waals surface area contributed by atoms with Gasteiger partial charge in [0.1, 0.15) is 0 Å². The van der Waals surface area contributed by atoms with Gasteiger partial charge in [-0.25, -0.2) is 0 Å². The monoisotopic (exact) mass is 326 g/mol. The quantitative estimate of drug-likeness (QED) is 0.850. The maximum atomic E-state index is 12.0. The van der Waals surface area contributed by atoms with E-state index in [1.807, 2.05) is 24.3 Å². The zero-order valence-corrected chi connectivity index (χ0v) is 13.1. The molecule has 2 N–H and O–H groups in total. The van der Waals surface area contributed by atoms with Crippen LogP contribution in [-0.2, 0) is 11.2 Å². The highest BCUT2D eigenvalue weighted by Gasteiger charge is 2.16. The minimum Gasteiger partial charge on any atom is -0.352 e. The van der Waals surface area contributed by atoms with Gasteiger partial charge in [-0.05, 0) is 41.8 Å². The van der Waals surface area contributed by atoms with Crippen LogP contribution >= 0.6 is 11.6 Å². The molecule has 4 nitrogen and oxygen atoms in total. The van der Waals surface area contributed by atoms with E-state index in [1.165, 1.54) is 6.08 Å². The van der Waals surface area contributed by atoms with Crippen LogP contribution in [0.2, 0.25) is 5.02 Å². The van der Waals surface area contributed by atoms with Gasteiger partial charge >= 0.3 is 0 Å². The molecule has 23 heavy (non-hydrogen) atoms. The highest BCUT2D eigenvalue weighted by molar-refractivity contribution is 6.32. The number of nitrogens with one attached hydrogen (secondary N) is 2. The van der Waals surface area contributed by atoms with Crippen molar-refractivity contribution in [2.45, 2.75) is 6.42 Å². The Kier molecular flexibility index (Phi) is 4.44. The molecule has 0 aliphatic carbocycles. The van der Waals surface area contributed by atoms with Crippen LogP contribution in [0.1, 0.15) is 21.5 Å². The highest BCUT2D eigenvalue weighted by Crippen LogP contribution is 2.20. The summed E-state index contributed by atoms with van der Waals surface area (Å²) >= 11 is 6.04. The Morgan fingerprint density at radius 1 is 1.22 bits per heavy atom. The Morgan fingerprint density at radius 3 is 2.87 bits per heavy atom. The number of benzene rings is 2. The second-order valence-corrected chi connectivity index (χ2v) is 5.63. The van der Waals surface area contributed by atoms with E-state index in [0.717, 1.165) is 17.5 Å². The number of fused-ring (bicyclic) bond motifs is 1. The van der Waals surface area contributed by atoms with Crippen LogP contribution in [0.5, 0.6) is 0 Å². The van der Waals surface area contributed by atoms with Gasteiger partial charge < -0.3 is 10.6 Å². The second kappa shape index (κ2) is 6.67. The van der Waals surface area contributed by atoms with E-state index < -0.39 is 0 Å². The molecule has 0 saturated carbocycles. The molecule has 0 atom stereocenters. The zero-order chi connectivity index (χ0) is 16.2. The maximum absolute atomic E-state index is 12.0. The minimum absolute atomic E-state index is 0.103. The van der Waals surface area contributed by atoms with Crippen molar-refractivity contribution in [2.24, 2.45) is 0 Å². The maximum Gasteiger partial charge on any atom is 0.251 e. The number of halogens is 1. The van der Waals surface area contributed by atoms with Gasteiger partial charge in [0.2, 0.25) is 5.91 Å². The molecule has 0 spiro atoms. The van der Waals surface area contributed by atoms with E-state index in [-0.39, 0.29) is 11.8 Å². The number of carbonyl (C=O) groups is 2. The van der Waals surface area contributed by atoms with E-state index >= 15 is 0 Å². The molecule has 2 aromatic rings. The second-order valence-electron chi connectivity index (χ2n) is 5.22. The summed E-state index contributed by atoms with van der Waals surface area (Å²) in [4.78, 5) is 23.8. The third-order valence-corrected chi connectivity index (χ3v) is 3.97. The normalized spacial score (nSPS) is 13.5. The van der Waals surface area contributed by atoms with Crippen LogP contribution < -0.4 is 10.6 Å². The summed E-state index contributed by atoms with van der Waals surface area (Å²) in [5, 5.41) is 6.13. The summed E-state index contributed by atoms with van der Waals surface area (Å²) in [6, 6.07) is 12.7. The highest BCUT2D eigenvalue weighted by atomic mass is 35.5. The molecule has 2 amide bonds. The first kappa shape index (κ1) is 15.3. The number of amides is 2. The predicted octanol–water partition coefficient (Wildman–Crippen LogP) is 3.28. The van der Waals surface area contributed by atoms with Crippen molar-refractivity contribution in [3.63, 3.8) is 0 Å². The number of anilines is 1. The van der Waals surface area contributed by atoms with Crippen LogP contribution in [0.15, 0.2) is 48.5 Å². The fourth-order valence-electron chi connectivity index (χ4n) is 2.45. The van der Waals surface area contributed by atoms with Crippen molar-refractivity contribution in [3.05, 3.63) is 70.3 Å². The van der Waals surface area contributed by atoms with Gasteiger partial charge in [0.15, 0.2) is 0 Å². The SMILES string of the molecule is O=C(C=Cc1ccccc1Cl)Nc1ccc2c(c1)C(=O)NCC2. The van der Waals surface area contributed by atoms with E-state index in [1.54, 1.807) is 24.3 Å². The van der Waals surface area contributed by atoms with Gasteiger partial charge in [0.05, 0.1) is 0 Å². The summed E-state index contributed by atoms with van der Waals surface area (Å²) in [5.74, 6) is -0.380. The first-order valence-electron chi connectivity index (χ1n) is 7.28. The first-order chi connectivity index (χ1) is 11.1. The van der Waals surface area contributed by atoms with Crippen molar-refractivity contribution in [3.8, 4) is 0 Å². The smallest absolute Gasteiger partial charge is 0.251 e. The summed E-state index contributed by atoms with van der Waals surface area (Å²) in [5.41, 5.74) is 2.98. The molecule has 2 aromatic carbocycles. The molecule has 1 heterocycles. The molecule has 116 valence electrons. The van der Waals surface area contributed by atoms with Crippen LogP contribution in [0.25, 0.3) is 6.08 Å². The summed E-state index contributed by atoms with van der Waals surface area (Å²) < 4.78 is 0. The van der Waals surface area contributed by atoms with Crippen LogP contribution in [-0.4, -0.2) is 18.4 Å². The summed E-state index contributed by atoms with van der Waals surface area (Å²) in [7, 11) is 0. The summed E-state index contributed by atoms with van der Waals surface area (Å²) in [6.45, 7) is 0.651. The Bertz CT molecular complexity index is 799. The molecule has 0 bridgehead atoms. The molecule has 0 radical (unpaired) electrons. The lowest BCUT2D eigenvalue weighted by molar-refractivity contribution is -0.111. The van der Waals surface area contributed by atoms with Crippen LogP contribution in [0.4, 0.5) is 5.69 Å². The number of hydrogen-bond acceptors (Lipinski definition) is 2. The Labute approximate surface area is 139 Å². The lowest BCUT2D eigenvalue weighted by atomic mass is 10.00. The molecule has 0 fully saturated rings. The third kappa shape index (κ3) is 3.60. The van der Waals surface area contributed by atoms with Gasteiger partial charge in [-0.15, -0.1) is 0 Å². The topological polar surface area (TPSA) is 58.2 Å². The Hall–Kier alpha value is -2.59.